The Balaban J connectivity index is 1.14. The van der Waals surface area contributed by atoms with Crippen molar-refractivity contribution in [3.63, 3.8) is 0 Å². The first-order chi connectivity index (χ1) is 22.8. The number of anilines is 1. The molecule has 2 amide bonds. The molecule has 3 aliphatic heterocycles. The summed E-state index contributed by atoms with van der Waals surface area (Å²) in [5.74, 6) is 0.858. The molecule has 3 atom stereocenters. The molecule has 10 heteroatoms. The molecule has 0 aromatic heterocycles. The monoisotopic (exact) mass is 644 g/mol. The van der Waals surface area contributed by atoms with E-state index in [-0.39, 0.29) is 35.2 Å². The Bertz CT molecular complexity index is 1460. The van der Waals surface area contributed by atoms with E-state index in [0.29, 0.717) is 23.9 Å². The van der Waals surface area contributed by atoms with Gasteiger partial charge in [-0.05, 0) is 112 Å². The summed E-state index contributed by atoms with van der Waals surface area (Å²) in [6, 6.07) is 15.5. The summed E-state index contributed by atoms with van der Waals surface area (Å²) in [6.07, 6.45) is 5.88. The van der Waals surface area contributed by atoms with Gasteiger partial charge in [0.15, 0.2) is 0 Å². The Hall–Kier alpha value is -3.68. The van der Waals surface area contributed by atoms with Gasteiger partial charge in [0, 0.05) is 62.7 Å². The average Bonchev–Trinajstić information content (AvgIpc) is 3.49. The van der Waals surface area contributed by atoms with Crippen molar-refractivity contribution in [2.24, 2.45) is 17.8 Å². The van der Waals surface area contributed by atoms with Crippen LogP contribution in [0.15, 0.2) is 42.5 Å². The van der Waals surface area contributed by atoms with Gasteiger partial charge in [-0.2, -0.15) is 5.26 Å². The van der Waals surface area contributed by atoms with E-state index < -0.39 is 0 Å². The maximum Gasteiger partial charge on any atom is 0.407 e. The number of halogens is 1. The molecule has 1 unspecified atom stereocenters. The second-order valence-electron chi connectivity index (χ2n) is 14.2. The first-order valence-electron chi connectivity index (χ1n) is 17.4. The third-order valence-corrected chi connectivity index (χ3v) is 11.4. The van der Waals surface area contributed by atoms with Crippen molar-refractivity contribution in [2.45, 2.75) is 63.5 Å². The van der Waals surface area contributed by atoms with E-state index in [1.807, 2.05) is 24.3 Å². The van der Waals surface area contributed by atoms with Crippen LogP contribution in [0.2, 0.25) is 0 Å². The summed E-state index contributed by atoms with van der Waals surface area (Å²) in [7, 11) is 1.42. The highest BCUT2D eigenvalue weighted by Crippen LogP contribution is 2.51. The number of hydrogen-bond donors (Lipinski definition) is 2. The number of methoxy groups -OCH3 is 1. The van der Waals surface area contributed by atoms with Crippen LogP contribution in [-0.2, 0) is 21.5 Å². The average molecular weight is 645 g/mol. The fourth-order valence-corrected chi connectivity index (χ4v) is 8.88. The number of carbonyl (C=O) groups is 2. The van der Waals surface area contributed by atoms with Crippen LogP contribution in [0.1, 0.15) is 62.1 Å². The van der Waals surface area contributed by atoms with Crippen LogP contribution >= 0.6 is 0 Å². The summed E-state index contributed by atoms with van der Waals surface area (Å²) in [4.78, 5) is 31.4. The van der Waals surface area contributed by atoms with E-state index >= 15 is 0 Å². The van der Waals surface area contributed by atoms with Gasteiger partial charge in [0.1, 0.15) is 5.82 Å². The highest BCUT2D eigenvalue weighted by atomic mass is 19.1. The smallest absolute Gasteiger partial charge is 0.407 e. The van der Waals surface area contributed by atoms with Crippen LogP contribution in [-0.4, -0.2) is 87.3 Å². The zero-order chi connectivity index (χ0) is 33.0. The molecule has 0 bridgehead atoms. The summed E-state index contributed by atoms with van der Waals surface area (Å²) in [5.41, 5.74) is 3.36. The molecule has 3 heterocycles. The van der Waals surface area contributed by atoms with E-state index in [2.05, 4.69) is 37.5 Å². The molecule has 4 aliphatic rings. The molecule has 1 aliphatic carbocycles. The Morgan fingerprint density at radius 3 is 2.47 bits per heavy atom. The molecule has 0 spiro atoms. The third kappa shape index (κ3) is 7.26. The largest absolute Gasteiger partial charge is 0.453 e. The molecular formula is C37H49FN6O3. The summed E-state index contributed by atoms with van der Waals surface area (Å²) >= 11 is 0. The maximum atomic E-state index is 14.9. The lowest BCUT2D eigenvalue weighted by Crippen LogP contribution is -2.60. The van der Waals surface area contributed by atoms with Crippen molar-refractivity contribution < 1.29 is 18.7 Å². The lowest BCUT2D eigenvalue weighted by Gasteiger charge is -2.54. The number of piperidine rings is 1. The Morgan fingerprint density at radius 2 is 1.81 bits per heavy atom. The molecule has 0 radical (unpaired) electrons. The fourth-order valence-electron chi connectivity index (χ4n) is 8.88. The summed E-state index contributed by atoms with van der Waals surface area (Å²) < 4.78 is 20.0. The molecule has 252 valence electrons. The molecule has 1 saturated carbocycles. The van der Waals surface area contributed by atoms with Crippen LogP contribution < -0.4 is 15.5 Å². The number of nitrogens with one attached hydrogen (secondary N) is 2. The Morgan fingerprint density at radius 1 is 1.02 bits per heavy atom. The number of benzene rings is 2. The number of nitrogens with zero attached hydrogens (tertiary/aromatic N) is 4. The SMILES string of the molecule is COC(=O)N[C@H]1CCC[C@@H]1C(CN1CCC1)(c1cccc(F)c1)C1CCN(CC2CN(c3ccc(C#N)c(CNC(C)=O)c3)C2)CC1. The van der Waals surface area contributed by atoms with Crippen LogP contribution in [0.25, 0.3) is 0 Å². The van der Waals surface area contributed by atoms with Crippen LogP contribution in [0.5, 0.6) is 0 Å². The topological polar surface area (TPSA) is 101 Å². The van der Waals surface area contributed by atoms with E-state index in [4.69, 9.17) is 4.74 Å². The second kappa shape index (κ2) is 14.6. The van der Waals surface area contributed by atoms with Gasteiger partial charge in [0.25, 0.3) is 0 Å². The van der Waals surface area contributed by atoms with Crippen molar-refractivity contribution in [1.29, 1.82) is 5.26 Å². The van der Waals surface area contributed by atoms with E-state index in [0.717, 1.165) is 101 Å². The van der Waals surface area contributed by atoms with Crippen LogP contribution in [0.4, 0.5) is 14.9 Å². The van der Waals surface area contributed by atoms with Crippen molar-refractivity contribution in [2.75, 3.05) is 64.4 Å². The lowest BCUT2D eigenvalue weighted by atomic mass is 9.57. The lowest BCUT2D eigenvalue weighted by molar-refractivity contribution is -0.119. The molecular weight excluding hydrogens is 595 g/mol. The van der Waals surface area contributed by atoms with Crippen molar-refractivity contribution in [1.82, 2.24) is 20.4 Å². The van der Waals surface area contributed by atoms with Gasteiger partial charge in [-0.1, -0.05) is 18.6 Å². The number of likely N-dealkylation sites (tertiary alicyclic amines) is 2. The van der Waals surface area contributed by atoms with Gasteiger partial charge in [-0.15, -0.1) is 0 Å². The molecule has 3 saturated heterocycles. The minimum atomic E-state index is -0.381. The predicted octanol–water partition coefficient (Wildman–Crippen LogP) is 4.65. The predicted molar refractivity (Wildman–Crippen MR) is 179 cm³/mol. The number of alkyl carbamates (subject to hydrolysis) is 1. The van der Waals surface area contributed by atoms with E-state index in [9.17, 15) is 19.2 Å². The zero-order valence-corrected chi connectivity index (χ0v) is 27.8. The molecule has 2 aromatic carbocycles. The quantitative estimate of drug-likeness (QED) is 0.368. The first kappa shape index (κ1) is 33.2. The highest BCUT2D eigenvalue weighted by Gasteiger charge is 2.53. The van der Waals surface area contributed by atoms with Gasteiger partial charge in [0.05, 0.1) is 18.7 Å². The Labute approximate surface area is 278 Å². The Kier molecular flexibility index (Phi) is 10.3. The highest BCUT2D eigenvalue weighted by molar-refractivity contribution is 5.73. The normalized spacial score (nSPS) is 23.7. The van der Waals surface area contributed by atoms with Crippen molar-refractivity contribution in [3.8, 4) is 6.07 Å². The minimum absolute atomic E-state index is 0.00645. The minimum Gasteiger partial charge on any atom is -0.453 e. The zero-order valence-electron chi connectivity index (χ0n) is 27.8. The molecule has 2 N–H and O–H groups in total. The van der Waals surface area contributed by atoms with Crippen LogP contribution in [0, 0.1) is 34.9 Å². The van der Waals surface area contributed by atoms with Gasteiger partial charge in [-0.3, -0.25) is 4.79 Å². The summed E-state index contributed by atoms with van der Waals surface area (Å²) in [5, 5.41) is 15.5. The maximum absolute atomic E-state index is 14.9. The van der Waals surface area contributed by atoms with Gasteiger partial charge in [-0.25, -0.2) is 9.18 Å². The standard InChI is InChI=1S/C37H49FN6O3/c1-26(45)40-21-29-18-33(11-10-28(29)20-39)44-23-27(24-44)22-42-16-12-30(13-17-42)37(25-43-14-5-15-43,31-6-3-7-32(38)19-31)34-8-4-9-35(34)41-36(46)47-2/h3,6-7,10-11,18-19,27,30,34-35H,4-5,8-9,12-17,21-25H2,1-2H3,(H,40,45)(H,41,46)/t34-,35-,37?/m0/s1. The molecule has 4 fully saturated rings. The third-order valence-electron chi connectivity index (χ3n) is 11.4. The van der Waals surface area contributed by atoms with Gasteiger partial charge in [0.2, 0.25) is 5.91 Å². The molecule has 9 nitrogen and oxygen atoms in total. The van der Waals surface area contributed by atoms with Gasteiger partial charge >= 0.3 is 6.09 Å². The fraction of sp³-hybridized carbons (Fsp3) is 0.595. The van der Waals surface area contributed by atoms with E-state index in [1.165, 1.54) is 20.5 Å². The second-order valence-corrected chi connectivity index (χ2v) is 14.2. The number of ether oxygens (including phenoxy) is 1. The first-order valence-corrected chi connectivity index (χ1v) is 17.4. The van der Waals surface area contributed by atoms with Crippen molar-refractivity contribution in [3.05, 3.63) is 65.0 Å². The summed E-state index contributed by atoms with van der Waals surface area (Å²) in [6.45, 7) is 9.90. The van der Waals surface area contributed by atoms with E-state index in [1.54, 1.807) is 12.1 Å². The molecule has 6 rings (SSSR count). The van der Waals surface area contributed by atoms with Crippen molar-refractivity contribution >= 4 is 17.7 Å². The molecule has 47 heavy (non-hydrogen) atoms. The van der Waals surface area contributed by atoms with Crippen LogP contribution in [0.3, 0.4) is 0 Å². The number of nitriles is 1. The number of hydrogen-bond acceptors (Lipinski definition) is 7. The number of carbonyl (C=O) groups excluding carboxylic acids is 2. The molecule has 2 aromatic rings. The number of rotatable bonds is 11. The van der Waals surface area contributed by atoms with Gasteiger partial charge < -0.3 is 30.1 Å². The number of amides is 2.